The summed E-state index contributed by atoms with van der Waals surface area (Å²) >= 11 is 0. The van der Waals surface area contributed by atoms with Crippen LogP contribution in [0.2, 0.25) is 0 Å². The predicted molar refractivity (Wildman–Crippen MR) is 67.1 cm³/mol. The molecule has 2 rings (SSSR count). The van der Waals surface area contributed by atoms with Gasteiger partial charge in [-0.2, -0.15) is 0 Å². The molecule has 1 aromatic carbocycles. The molecule has 3 nitrogen and oxygen atoms in total. The molecule has 1 fully saturated rings. The second-order valence-electron chi connectivity index (χ2n) is 4.80. The number of rotatable bonds is 2. The van der Waals surface area contributed by atoms with E-state index in [9.17, 15) is 9.90 Å². The van der Waals surface area contributed by atoms with Crippen LogP contribution in [0, 0.1) is 13.8 Å². The molecule has 0 aliphatic carbocycles. The topological polar surface area (TPSA) is 40.5 Å². The molecule has 3 heteroatoms. The Bertz CT molecular complexity index is 428. The number of nitrogens with zero attached hydrogens (tertiary/aromatic N) is 1. The standard InChI is InChI=1S/C14H19NO2/c1-10-5-6-13(11(2)8-10)14(17)15-7-3-4-12(15)9-16/h5-6,8,12,16H,3-4,7,9H2,1-2H3/t12-/m0/s1. The van der Waals surface area contributed by atoms with E-state index in [1.165, 1.54) is 5.56 Å². The zero-order valence-corrected chi connectivity index (χ0v) is 10.4. The van der Waals surface area contributed by atoms with E-state index in [2.05, 4.69) is 0 Å². The number of benzene rings is 1. The molecule has 1 amide bonds. The lowest BCUT2D eigenvalue weighted by Gasteiger charge is -2.23. The molecule has 1 aromatic rings. The van der Waals surface area contributed by atoms with E-state index < -0.39 is 0 Å². The molecule has 0 unspecified atom stereocenters. The smallest absolute Gasteiger partial charge is 0.254 e. The maximum Gasteiger partial charge on any atom is 0.254 e. The van der Waals surface area contributed by atoms with Crippen molar-refractivity contribution >= 4 is 5.91 Å². The molecule has 1 heterocycles. The molecule has 0 saturated carbocycles. The summed E-state index contributed by atoms with van der Waals surface area (Å²) in [4.78, 5) is 14.2. The van der Waals surface area contributed by atoms with Crippen LogP contribution in [0.15, 0.2) is 18.2 Å². The summed E-state index contributed by atoms with van der Waals surface area (Å²) in [6, 6.07) is 5.88. The van der Waals surface area contributed by atoms with E-state index >= 15 is 0 Å². The summed E-state index contributed by atoms with van der Waals surface area (Å²) in [6.07, 6.45) is 1.90. The van der Waals surface area contributed by atoms with E-state index in [-0.39, 0.29) is 18.6 Å². The van der Waals surface area contributed by atoms with E-state index in [4.69, 9.17) is 0 Å². The van der Waals surface area contributed by atoms with Gasteiger partial charge in [-0.1, -0.05) is 17.7 Å². The predicted octanol–water partition coefficient (Wildman–Crippen LogP) is 1.90. The molecule has 1 aliphatic heterocycles. The fourth-order valence-corrected chi connectivity index (χ4v) is 2.50. The van der Waals surface area contributed by atoms with Crippen molar-refractivity contribution < 1.29 is 9.90 Å². The van der Waals surface area contributed by atoms with Crippen molar-refractivity contribution in [2.24, 2.45) is 0 Å². The van der Waals surface area contributed by atoms with Gasteiger partial charge in [-0.3, -0.25) is 4.79 Å². The zero-order chi connectivity index (χ0) is 12.4. The quantitative estimate of drug-likeness (QED) is 0.847. The number of aliphatic hydroxyl groups is 1. The van der Waals surface area contributed by atoms with Gasteiger partial charge in [0.15, 0.2) is 0 Å². The molecule has 0 spiro atoms. The number of aryl methyl sites for hydroxylation is 2. The van der Waals surface area contributed by atoms with Gasteiger partial charge in [0.05, 0.1) is 12.6 Å². The van der Waals surface area contributed by atoms with Crippen LogP contribution in [-0.2, 0) is 0 Å². The number of likely N-dealkylation sites (tertiary alicyclic amines) is 1. The van der Waals surface area contributed by atoms with Crippen molar-refractivity contribution in [2.45, 2.75) is 32.7 Å². The summed E-state index contributed by atoms with van der Waals surface area (Å²) < 4.78 is 0. The first-order chi connectivity index (χ1) is 8.13. The first-order valence-corrected chi connectivity index (χ1v) is 6.12. The third kappa shape index (κ3) is 2.34. The van der Waals surface area contributed by atoms with Crippen LogP contribution in [-0.4, -0.2) is 35.1 Å². The Balaban J connectivity index is 2.24. The highest BCUT2D eigenvalue weighted by Crippen LogP contribution is 2.21. The lowest BCUT2D eigenvalue weighted by Crippen LogP contribution is -2.37. The summed E-state index contributed by atoms with van der Waals surface area (Å²) in [7, 11) is 0. The van der Waals surface area contributed by atoms with Crippen LogP contribution >= 0.6 is 0 Å². The average Bonchev–Trinajstić information content (AvgIpc) is 2.76. The highest BCUT2D eigenvalue weighted by Gasteiger charge is 2.29. The minimum atomic E-state index is 0.00297. The highest BCUT2D eigenvalue weighted by atomic mass is 16.3. The van der Waals surface area contributed by atoms with Gasteiger partial charge in [-0.05, 0) is 38.3 Å². The summed E-state index contributed by atoms with van der Waals surface area (Å²) in [5, 5.41) is 9.25. The molecule has 17 heavy (non-hydrogen) atoms. The van der Waals surface area contributed by atoms with Crippen LogP contribution < -0.4 is 0 Å². The third-order valence-electron chi connectivity index (χ3n) is 3.46. The average molecular weight is 233 g/mol. The van der Waals surface area contributed by atoms with Gasteiger partial charge >= 0.3 is 0 Å². The van der Waals surface area contributed by atoms with Crippen molar-refractivity contribution in [1.29, 1.82) is 0 Å². The van der Waals surface area contributed by atoms with Crippen molar-refractivity contribution in [1.82, 2.24) is 4.90 Å². The molecule has 0 bridgehead atoms. The summed E-state index contributed by atoms with van der Waals surface area (Å²) in [6.45, 7) is 4.81. The van der Waals surface area contributed by atoms with Crippen LogP contribution in [0.1, 0.15) is 34.3 Å². The largest absolute Gasteiger partial charge is 0.394 e. The zero-order valence-electron chi connectivity index (χ0n) is 10.4. The Labute approximate surface area is 102 Å². The Morgan fingerprint density at radius 2 is 2.24 bits per heavy atom. The van der Waals surface area contributed by atoms with Crippen molar-refractivity contribution in [3.63, 3.8) is 0 Å². The monoisotopic (exact) mass is 233 g/mol. The van der Waals surface area contributed by atoms with Crippen molar-refractivity contribution in [3.8, 4) is 0 Å². The van der Waals surface area contributed by atoms with Gasteiger partial charge in [0.2, 0.25) is 0 Å². The van der Waals surface area contributed by atoms with Gasteiger partial charge in [0, 0.05) is 12.1 Å². The van der Waals surface area contributed by atoms with E-state index in [1.54, 1.807) is 4.90 Å². The second kappa shape index (κ2) is 4.88. The van der Waals surface area contributed by atoms with E-state index in [0.29, 0.717) is 0 Å². The second-order valence-corrected chi connectivity index (χ2v) is 4.80. The van der Waals surface area contributed by atoms with Gasteiger partial charge < -0.3 is 10.0 Å². The Hall–Kier alpha value is -1.35. The van der Waals surface area contributed by atoms with Gasteiger partial charge in [-0.15, -0.1) is 0 Å². The van der Waals surface area contributed by atoms with Crippen LogP contribution in [0.5, 0.6) is 0 Å². The molecule has 92 valence electrons. The Kier molecular flexibility index (Phi) is 3.48. The van der Waals surface area contributed by atoms with Crippen molar-refractivity contribution in [3.05, 3.63) is 34.9 Å². The van der Waals surface area contributed by atoms with Crippen LogP contribution in [0.4, 0.5) is 0 Å². The van der Waals surface area contributed by atoms with Crippen LogP contribution in [0.3, 0.4) is 0 Å². The number of aliphatic hydroxyl groups excluding tert-OH is 1. The van der Waals surface area contributed by atoms with Gasteiger partial charge in [0.1, 0.15) is 0 Å². The Morgan fingerprint density at radius 1 is 1.47 bits per heavy atom. The lowest BCUT2D eigenvalue weighted by molar-refractivity contribution is 0.0677. The number of carbonyl (C=O) groups excluding carboxylic acids is 1. The molecule has 1 saturated heterocycles. The number of hydrogen-bond donors (Lipinski definition) is 1. The van der Waals surface area contributed by atoms with Crippen molar-refractivity contribution in [2.75, 3.05) is 13.2 Å². The lowest BCUT2D eigenvalue weighted by atomic mass is 10.0. The minimum Gasteiger partial charge on any atom is -0.394 e. The minimum absolute atomic E-state index is 0.00297. The Morgan fingerprint density at radius 3 is 2.88 bits per heavy atom. The number of carbonyl (C=O) groups is 1. The molecule has 1 N–H and O–H groups in total. The molecule has 0 aromatic heterocycles. The first kappa shape index (κ1) is 12.1. The highest BCUT2D eigenvalue weighted by molar-refractivity contribution is 5.96. The maximum atomic E-state index is 12.4. The molecular formula is C14H19NO2. The first-order valence-electron chi connectivity index (χ1n) is 6.12. The van der Waals surface area contributed by atoms with E-state index in [0.717, 1.165) is 30.5 Å². The number of amides is 1. The summed E-state index contributed by atoms with van der Waals surface area (Å²) in [5.41, 5.74) is 2.94. The van der Waals surface area contributed by atoms with Crippen LogP contribution in [0.25, 0.3) is 0 Å². The molecule has 0 radical (unpaired) electrons. The fourth-order valence-electron chi connectivity index (χ4n) is 2.50. The van der Waals surface area contributed by atoms with E-state index in [1.807, 2.05) is 32.0 Å². The SMILES string of the molecule is Cc1ccc(C(=O)N2CCC[C@H]2CO)c(C)c1. The van der Waals surface area contributed by atoms with Gasteiger partial charge in [-0.25, -0.2) is 0 Å². The molecule has 1 atom stereocenters. The molecule has 1 aliphatic rings. The summed E-state index contributed by atoms with van der Waals surface area (Å²) in [5.74, 6) is 0.0547. The van der Waals surface area contributed by atoms with Gasteiger partial charge in [0.25, 0.3) is 5.91 Å². The fraction of sp³-hybridized carbons (Fsp3) is 0.500. The third-order valence-corrected chi connectivity index (χ3v) is 3.46. The molecular weight excluding hydrogens is 214 g/mol. The normalized spacial score (nSPS) is 19.7. The maximum absolute atomic E-state index is 12.4. The number of hydrogen-bond acceptors (Lipinski definition) is 2.